The van der Waals surface area contributed by atoms with Gasteiger partial charge in [-0.1, -0.05) is 121 Å². The van der Waals surface area contributed by atoms with E-state index in [0.717, 1.165) is 16.7 Å². The van der Waals surface area contributed by atoms with Crippen LogP contribution in [0, 0.1) is 0 Å². The molecule has 264 valence electrons. The summed E-state index contributed by atoms with van der Waals surface area (Å²) >= 11 is 0. The number of hydrogen-bond acceptors (Lipinski definition) is 1. The SMILES string of the molecule is c1ccc(-c2cc3oc4cccc5c6c(-n7c8ccccc8c8cc(-c9ccc%10c(c9)c9ccccc9n%10-c9ccccc9)ccc87)cccc6c(c2)c3c45)cc1. The molecule has 0 saturated heterocycles. The molecule has 57 heavy (non-hydrogen) atoms. The molecule has 3 heterocycles. The Morgan fingerprint density at radius 2 is 0.825 bits per heavy atom. The van der Waals surface area contributed by atoms with Crippen LogP contribution >= 0.6 is 0 Å². The summed E-state index contributed by atoms with van der Waals surface area (Å²) in [6, 6.07) is 70.7. The average Bonchev–Trinajstić information content (AvgIpc) is 3.94. The third kappa shape index (κ3) is 4.26. The largest absolute Gasteiger partial charge is 0.456 e. The molecule has 0 unspecified atom stereocenters. The number of benzene rings is 10. The third-order valence-corrected chi connectivity index (χ3v) is 12.2. The molecule has 3 aromatic heterocycles. The van der Waals surface area contributed by atoms with Crippen molar-refractivity contribution in [2.45, 2.75) is 0 Å². The number of nitrogens with zero attached hydrogens (tertiary/aromatic N) is 2. The van der Waals surface area contributed by atoms with Crippen LogP contribution in [0.15, 0.2) is 199 Å². The Labute approximate surface area is 327 Å². The van der Waals surface area contributed by atoms with Crippen LogP contribution in [0.1, 0.15) is 0 Å². The maximum absolute atomic E-state index is 6.64. The zero-order valence-corrected chi connectivity index (χ0v) is 30.8. The Morgan fingerprint density at radius 1 is 0.281 bits per heavy atom. The molecule has 3 nitrogen and oxygen atoms in total. The first-order valence-electron chi connectivity index (χ1n) is 19.6. The molecule has 0 spiro atoms. The Morgan fingerprint density at radius 3 is 1.56 bits per heavy atom. The smallest absolute Gasteiger partial charge is 0.136 e. The van der Waals surface area contributed by atoms with E-state index in [0.29, 0.717) is 0 Å². The van der Waals surface area contributed by atoms with Crippen LogP contribution in [-0.2, 0) is 0 Å². The minimum atomic E-state index is 0.921. The van der Waals surface area contributed by atoms with Crippen LogP contribution in [0.5, 0.6) is 0 Å². The quantitative estimate of drug-likeness (QED) is 0.166. The van der Waals surface area contributed by atoms with Crippen molar-refractivity contribution in [3.05, 3.63) is 194 Å². The monoisotopic (exact) mass is 724 g/mol. The van der Waals surface area contributed by atoms with Crippen molar-refractivity contribution >= 4 is 87.1 Å². The molecule has 0 saturated carbocycles. The molecule has 3 heteroatoms. The second-order valence-corrected chi connectivity index (χ2v) is 15.2. The molecule has 0 N–H and O–H groups in total. The normalized spacial score (nSPS) is 12.2. The molecule has 0 aliphatic rings. The molecule has 0 amide bonds. The molecule has 13 aromatic rings. The van der Waals surface area contributed by atoms with E-state index in [1.807, 2.05) is 0 Å². The predicted octanol–water partition coefficient (Wildman–Crippen LogP) is 14.9. The van der Waals surface area contributed by atoms with Crippen LogP contribution in [0.4, 0.5) is 0 Å². The second kappa shape index (κ2) is 11.5. The first kappa shape index (κ1) is 30.7. The van der Waals surface area contributed by atoms with Crippen LogP contribution in [0.3, 0.4) is 0 Å². The standard InChI is InChI=1S/C54H32N2O/c1-3-13-33(14-4-1)36-31-44-40-19-11-23-49(52(40)41-20-12-24-50-53(41)54(44)51(32-36)57-50)56-46-22-10-8-18-39(46)43-30-35(26-28-48(43)56)34-25-27-47-42(29-34)38-17-7-9-21-45(38)55(47)37-15-5-2-6-16-37/h1-32H. The molecule has 13 rings (SSSR count). The van der Waals surface area contributed by atoms with Gasteiger partial charge in [0, 0.05) is 43.4 Å². The molecule has 0 bridgehead atoms. The van der Waals surface area contributed by atoms with E-state index in [1.165, 1.54) is 104 Å². The van der Waals surface area contributed by atoms with Gasteiger partial charge in [0.15, 0.2) is 0 Å². The Hall–Kier alpha value is -7.62. The summed E-state index contributed by atoms with van der Waals surface area (Å²) in [6.07, 6.45) is 0. The predicted molar refractivity (Wildman–Crippen MR) is 239 cm³/mol. The molecule has 0 aliphatic heterocycles. The molecule has 10 aromatic carbocycles. The van der Waals surface area contributed by atoms with Crippen molar-refractivity contribution in [3.8, 4) is 33.6 Å². The maximum Gasteiger partial charge on any atom is 0.136 e. The van der Waals surface area contributed by atoms with E-state index in [4.69, 9.17) is 4.42 Å². The van der Waals surface area contributed by atoms with E-state index in [9.17, 15) is 0 Å². The second-order valence-electron chi connectivity index (χ2n) is 15.2. The number of rotatable bonds is 4. The number of hydrogen-bond donors (Lipinski definition) is 0. The van der Waals surface area contributed by atoms with Crippen molar-refractivity contribution in [1.29, 1.82) is 0 Å². The molecule has 0 aliphatic carbocycles. The Balaban J connectivity index is 1.06. The van der Waals surface area contributed by atoms with Gasteiger partial charge >= 0.3 is 0 Å². The summed E-state index contributed by atoms with van der Waals surface area (Å²) in [6.45, 7) is 0. The minimum Gasteiger partial charge on any atom is -0.456 e. The zero-order chi connectivity index (χ0) is 37.2. The Kier molecular flexibility index (Phi) is 6.16. The lowest BCUT2D eigenvalue weighted by Crippen LogP contribution is -1.96. The Bertz CT molecular complexity index is 3730. The maximum atomic E-state index is 6.64. The third-order valence-electron chi connectivity index (χ3n) is 12.2. The molecule has 0 radical (unpaired) electrons. The highest BCUT2D eigenvalue weighted by Crippen LogP contribution is 2.47. The molecular formula is C54H32N2O. The van der Waals surface area contributed by atoms with Crippen molar-refractivity contribution < 1.29 is 4.42 Å². The fraction of sp³-hybridized carbons (Fsp3) is 0. The fourth-order valence-electron chi connectivity index (χ4n) is 9.82. The van der Waals surface area contributed by atoms with Crippen molar-refractivity contribution in [1.82, 2.24) is 9.13 Å². The highest BCUT2D eigenvalue weighted by molar-refractivity contribution is 6.35. The number of fused-ring (bicyclic) bond motifs is 9. The highest BCUT2D eigenvalue weighted by atomic mass is 16.3. The molecule has 0 atom stereocenters. The average molecular weight is 725 g/mol. The first-order valence-corrected chi connectivity index (χ1v) is 19.6. The van der Waals surface area contributed by atoms with Crippen molar-refractivity contribution in [2.75, 3.05) is 0 Å². The summed E-state index contributed by atoms with van der Waals surface area (Å²) < 4.78 is 11.5. The molecule has 0 fully saturated rings. The summed E-state index contributed by atoms with van der Waals surface area (Å²) in [4.78, 5) is 0. The van der Waals surface area contributed by atoms with Crippen molar-refractivity contribution in [2.24, 2.45) is 0 Å². The van der Waals surface area contributed by atoms with E-state index in [2.05, 4.69) is 203 Å². The number of aromatic nitrogens is 2. The summed E-state index contributed by atoms with van der Waals surface area (Å²) in [5.74, 6) is 0. The lowest BCUT2D eigenvalue weighted by atomic mass is 9.91. The van der Waals surface area contributed by atoms with Crippen LogP contribution in [-0.4, -0.2) is 9.13 Å². The van der Waals surface area contributed by atoms with Gasteiger partial charge < -0.3 is 13.6 Å². The lowest BCUT2D eigenvalue weighted by molar-refractivity contribution is 0.669. The number of furan rings is 1. The van der Waals surface area contributed by atoms with Crippen molar-refractivity contribution in [3.63, 3.8) is 0 Å². The van der Waals surface area contributed by atoms with Gasteiger partial charge in [-0.25, -0.2) is 0 Å². The van der Waals surface area contributed by atoms with Crippen LogP contribution < -0.4 is 0 Å². The molecular weight excluding hydrogens is 693 g/mol. The van der Waals surface area contributed by atoms with Gasteiger partial charge in [-0.15, -0.1) is 0 Å². The lowest BCUT2D eigenvalue weighted by Gasteiger charge is -2.16. The van der Waals surface area contributed by atoms with Gasteiger partial charge in [0.1, 0.15) is 11.2 Å². The zero-order valence-electron chi connectivity index (χ0n) is 30.8. The van der Waals surface area contributed by atoms with Gasteiger partial charge in [-0.05, 0) is 111 Å². The number of para-hydroxylation sites is 3. The fourth-order valence-corrected chi connectivity index (χ4v) is 9.82. The summed E-state index contributed by atoms with van der Waals surface area (Å²) in [7, 11) is 0. The topological polar surface area (TPSA) is 23.0 Å². The van der Waals surface area contributed by atoms with E-state index in [-0.39, 0.29) is 0 Å². The van der Waals surface area contributed by atoms with Gasteiger partial charge in [-0.2, -0.15) is 0 Å². The van der Waals surface area contributed by atoms with E-state index < -0.39 is 0 Å². The summed E-state index contributed by atoms with van der Waals surface area (Å²) in [5.41, 5.74) is 13.7. The minimum absolute atomic E-state index is 0.921. The summed E-state index contributed by atoms with van der Waals surface area (Å²) in [5, 5.41) is 12.2. The van der Waals surface area contributed by atoms with Gasteiger partial charge in [0.05, 0.1) is 27.8 Å². The van der Waals surface area contributed by atoms with Gasteiger partial charge in [0.25, 0.3) is 0 Å². The first-order chi connectivity index (χ1) is 28.3. The van der Waals surface area contributed by atoms with Gasteiger partial charge in [-0.3, -0.25) is 0 Å². The van der Waals surface area contributed by atoms with E-state index in [1.54, 1.807) is 0 Å². The highest BCUT2D eigenvalue weighted by Gasteiger charge is 2.22. The van der Waals surface area contributed by atoms with E-state index >= 15 is 0 Å². The van der Waals surface area contributed by atoms with Crippen LogP contribution in [0.25, 0.3) is 121 Å². The van der Waals surface area contributed by atoms with Gasteiger partial charge in [0.2, 0.25) is 0 Å². The van der Waals surface area contributed by atoms with Crippen LogP contribution in [0.2, 0.25) is 0 Å².